The number of carbonyl (C=O) groups is 2. The van der Waals surface area contributed by atoms with E-state index in [1.807, 2.05) is 0 Å². The number of ketones is 2. The summed E-state index contributed by atoms with van der Waals surface area (Å²) in [5.41, 5.74) is -0.605. The van der Waals surface area contributed by atoms with Gasteiger partial charge in [0.25, 0.3) is 10.1 Å². The Kier molecular flexibility index (Phi) is 4.77. The molecule has 0 saturated carbocycles. The van der Waals surface area contributed by atoms with Gasteiger partial charge in [0.05, 0.1) is 38.7 Å². The molecule has 0 heterocycles. The van der Waals surface area contributed by atoms with E-state index in [0.717, 1.165) is 12.1 Å². The molecule has 0 atom stereocenters. The van der Waals surface area contributed by atoms with Crippen LogP contribution in [0, 0.1) is 6.92 Å². The first-order chi connectivity index (χ1) is 14.5. The minimum Gasteiger partial charge on any atom is -0.507 e. The number of aryl methyl sites for hydroxylation is 1. The summed E-state index contributed by atoms with van der Waals surface area (Å²) in [6.45, 7) is 1.64. The Bertz CT molecular complexity index is 1410. The lowest BCUT2D eigenvalue weighted by molar-refractivity contribution is 0.0975. The molecule has 3 aromatic carbocycles. The van der Waals surface area contributed by atoms with Gasteiger partial charge < -0.3 is 15.5 Å². The number of phenolic OH excluding ortho intramolecular Hbond substituents is 2. The smallest absolute Gasteiger partial charge is 0.296 e. The summed E-state index contributed by atoms with van der Waals surface area (Å²) >= 11 is 6.18. The first-order valence-corrected chi connectivity index (χ1v) is 10.6. The third-order valence-electron chi connectivity index (χ3n) is 4.91. The van der Waals surface area contributed by atoms with Crippen molar-refractivity contribution in [3.63, 3.8) is 0 Å². The highest BCUT2D eigenvalue weighted by molar-refractivity contribution is 7.86. The highest BCUT2D eigenvalue weighted by atomic mass is 35.5. The van der Waals surface area contributed by atoms with Gasteiger partial charge in [-0.1, -0.05) is 17.7 Å². The first kappa shape index (κ1) is 20.9. The molecule has 8 nitrogen and oxygen atoms in total. The minimum atomic E-state index is -4.60. The Morgan fingerprint density at radius 3 is 1.94 bits per heavy atom. The monoisotopic (exact) mass is 459 g/mol. The lowest BCUT2D eigenvalue weighted by Crippen LogP contribution is -2.23. The Balaban J connectivity index is 1.96. The van der Waals surface area contributed by atoms with E-state index in [-0.39, 0.29) is 38.7 Å². The summed E-state index contributed by atoms with van der Waals surface area (Å²) < 4.78 is 33.2. The number of halogens is 1. The van der Waals surface area contributed by atoms with Crippen molar-refractivity contribution in [2.24, 2.45) is 0 Å². The Labute approximate surface area is 181 Å². The average molecular weight is 460 g/mol. The van der Waals surface area contributed by atoms with Crippen molar-refractivity contribution in [2.75, 3.05) is 5.32 Å². The molecule has 0 unspecified atom stereocenters. The van der Waals surface area contributed by atoms with Crippen molar-refractivity contribution in [1.82, 2.24) is 0 Å². The molecule has 158 valence electrons. The molecule has 0 fully saturated rings. The van der Waals surface area contributed by atoms with Crippen molar-refractivity contribution in [3.05, 3.63) is 75.3 Å². The van der Waals surface area contributed by atoms with E-state index < -0.39 is 38.1 Å². The number of nitrogens with one attached hydrogen (secondary N) is 1. The molecule has 0 spiro atoms. The second-order valence-electron chi connectivity index (χ2n) is 6.96. The van der Waals surface area contributed by atoms with Gasteiger partial charge in [0.15, 0.2) is 5.78 Å². The predicted octanol–water partition coefficient (Wildman–Crippen LogP) is 3.83. The van der Waals surface area contributed by atoms with E-state index in [2.05, 4.69) is 5.32 Å². The maximum absolute atomic E-state index is 13.2. The van der Waals surface area contributed by atoms with E-state index in [0.29, 0.717) is 5.56 Å². The second-order valence-corrected chi connectivity index (χ2v) is 8.75. The topological polar surface area (TPSA) is 141 Å². The molecule has 3 aromatic rings. The van der Waals surface area contributed by atoms with E-state index in [9.17, 15) is 32.8 Å². The number of hydrogen-bond donors (Lipinski definition) is 4. The van der Waals surface area contributed by atoms with Gasteiger partial charge in [0.1, 0.15) is 16.4 Å². The molecule has 4 rings (SSSR count). The number of hydrogen-bond acceptors (Lipinski definition) is 7. The highest BCUT2D eigenvalue weighted by Crippen LogP contribution is 2.43. The summed E-state index contributed by atoms with van der Waals surface area (Å²) in [6, 6.07) is 9.10. The van der Waals surface area contributed by atoms with Crippen LogP contribution in [0.25, 0.3) is 0 Å². The fraction of sp³-hybridized carbons (Fsp3) is 0.0476. The molecule has 0 bridgehead atoms. The van der Waals surface area contributed by atoms with Gasteiger partial charge in [-0.05, 0) is 48.9 Å². The van der Waals surface area contributed by atoms with Crippen LogP contribution in [0.3, 0.4) is 0 Å². The van der Waals surface area contributed by atoms with Crippen molar-refractivity contribution in [3.8, 4) is 11.5 Å². The zero-order valence-electron chi connectivity index (χ0n) is 15.8. The standard InChI is InChI=1S/C21H14ClNO7S/c1-9-2-4-11(15(8-9)31(28,29)30)23-12-5-3-10(22)16-17(12)21(27)19-14(25)7-6-13(24)18(19)20(16)26/h2-8,23-25H,1H3,(H,28,29,30). The second kappa shape index (κ2) is 7.09. The zero-order chi connectivity index (χ0) is 22.7. The van der Waals surface area contributed by atoms with Crippen LogP contribution in [-0.2, 0) is 10.1 Å². The van der Waals surface area contributed by atoms with E-state index in [1.165, 1.54) is 24.3 Å². The molecule has 31 heavy (non-hydrogen) atoms. The van der Waals surface area contributed by atoms with Gasteiger partial charge in [0, 0.05) is 0 Å². The summed E-state index contributed by atoms with van der Waals surface area (Å²) in [6.07, 6.45) is 0. The molecule has 0 radical (unpaired) electrons. The van der Waals surface area contributed by atoms with Gasteiger partial charge in [-0.15, -0.1) is 0 Å². The number of aromatic hydroxyl groups is 2. The van der Waals surface area contributed by atoms with Gasteiger partial charge in [0.2, 0.25) is 5.78 Å². The maximum atomic E-state index is 13.2. The molecule has 10 heteroatoms. The number of anilines is 2. The molecule has 0 amide bonds. The van der Waals surface area contributed by atoms with Crippen molar-refractivity contribution in [2.45, 2.75) is 11.8 Å². The number of rotatable bonds is 3. The fourth-order valence-electron chi connectivity index (χ4n) is 3.52. The molecular weight excluding hydrogens is 446 g/mol. The number of carbonyl (C=O) groups excluding carboxylic acids is 2. The van der Waals surface area contributed by atoms with Crippen molar-refractivity contribution >= 4 is 44.7 Å². The summed E-state index contributed by atoms with van der Waals surface area (Å²) in [4.78, 5) is 25.9. The van der Waals surface area contributed by atoms with Crippen LogP contribution in [0.4, 0.5) is 11.4 Å². The predicted molar refractivity (Wildman–Crippen MR) is 112 cm³/mol. The molecule has 0 aromatic heterocycles. The third kappa shape index (κ3) is 3.32. The zero-order valence-corrected chi connectivity index (χ0v) is 17.4. The van der Waals surface area contributed by atoms with Gasteiger partial charge in [-0.2, -0.15) is 8.42 Å². The van der Waals surface area contributed by atoms with Crippen LogP contribution in [0.2, 0.25) is 5.02 Å². The molecular formula is C21H14ClNO7S. The van der Waals surface area contributed by atoms with Crippen LogP contribution < -0.4 is 5.32 Å². The largest absolute Gasteiger partial charge is 0.507 e. The molecule has 0 aliphatic heterocycles. The van der Waals surface area contributed by atoms with Gasteiger partial charge in [-0.25, -0.2) is 0 Å². The van der Waals surface area contributed by atoms with Crippen molar-refractivity contribution in [1.29, 1.82) is 0 Å². The van der Waals surface area contributed by atoms with Gasteiger partial charge in [-0.3, -0.25) is 14.1 Å². The normalized spacial score (nSPS) is 13.0. The lowest BCUT2D eigenvalue weighted by atomic mass is 9.82. The van der Waals surface area contributed by atoms with Gasteiger partial charge >= 0.3 is 0 Å². The summed E-state index contributed by atoms with van der Waals surface area (Å²) in [5, 5.41) is 23.0. The van der Waals surface area contributed by atoms with E-state index in [1.54, 1.807) is 13.0 Å². The SMILES string of the molecule is Cc1ccc(Nc2ccc(Cl)c3c2C(=O)c2c(O)ccc(O)c2C3=O)c(S(=O)(=O)O)c1. The van der Waals surface area contributed by atoms with Crippen LogP contribution in [0.5, 0.6) is 11.5 Å². The maximum Gasteiger partial charge on any atom is 0.296 e. The quantitative estimate of drug-likeness (QED) is 0.267. The minimum absolute atomic E-state index is 0.0277. The fourth-order valence-corrected chi connectivity index (χ4v) is 4.50. The Morgan fingerprint density at radius 2 is 1.35 bits per heavy atom. The number of fused-ring (bicyclic) bond motifs is 2. The number of phenols is 2. The van der Waals surface area contributed by atoms with Crippen LogP contribution in [0.1, 0.15) is 37.4 Å². The third-order valence-corrected chi connectivity index (χ3v) is 6.12. The van der Waals surface area contributed by atoms with E-state index in [4.69, 9.17) is 11.6 Å². The Hall–Kier alpha value is -3.40. The summed E-state index contributed by atoms with van der Waals surface area (Å²) in [5.74, 6) is -2.55. The average Bonchev–Trinajstić information content (AvgIpc) is 2.69. The lowest BCUT2D eigenvalue weighted by Gasteiger charge is -2.23. The molecule has 0 saturated heterocycles. The Morgan fingerprint density at radius 1 is 0.806 bits per heavy atom. The van der Waals surface area contributed by atoms with Crippen molar-refractivity contribution < 1.29 is 32.8 Å². The van der Waals surface area contributed by atoms with E-state index >= 15 is 0 Å². The first-order valence-electron chi connectivity index (χ1n) is 8.82. The molecule has 4 N–H and O–H groups in total. The molecule has 1 aliphatic rings. The van der Waals surface area contributed by atoms with Crippen LogP contribution in [-0.4, -0.2) is 34.8 Å². The highest BCUT2D eigenvalue weighted by Gasteiger charge is 2.37. The van der Waals surface area contributed by atoms with Crippen LogP contribution >= 0.6 is 11.6 Å². The van der Waals surface area contributed by atoms with Crippen LogP contribution in [0.15, 0.2) is 47.4 Å². The molecule has 1 aliphatic carbocycles. The number of benzene rings is 3. The summed E-state index contributed by atoms with van der Waals surface area (Å²) in [7, 11) is -4.60.